The molecule has 0 amide bonds. The van der Waals surface area contributed by atoms with Crippen LogP contribution in [0.4, 0.5) is 0 Å². The van der Waals surface area contributed by atoms with Gasteiger partial charge in [0.05, 0.1) is 18.6 Å². The van der Waals surface area contributed by atoms with Crippen molar-refractivity contribution in [3.63, 3.8) is 0 Å². The van der Waals surface area contributed by atoms with Gasteiger partial charge in [0.25, 0.3) is 0 Å². The normalized spacial score (nSPS) is 22.2. The predicted molar refractivity (Wildman–Crippen MR) is 84.7 cm³/mol. The zero-order valence-electron chi connectivity index (χ0n) is 14.6. The van der Waals surface area contributed by atoms with Crippen molar-refractivity contribution in [2.75, 3.05) is 19.8 Å². The van der Waals surface area contributed by atoms with Gasteiger partial charge in [0, 0.05) is 5.57 Å². The van der Waals surface area contributed by atoms with Crippen LogP contribution in [0.1, 0.15) is 41.0 Å². The topological polar surface area (TPSA) is 82.1 Å². The molecule has 0 saturated heterocycles. The van der Waals surface area contributed by atoms with Gasteiger partial charge in [-0.05, 0) is 39.2 Å². The maximum Gasteiger partial charge on any atom is 0.311 e. The quantitative estimate of drug-likeness (QED) is 0.718. The number of Topliss-reactive ketones (excluding diaryl/α,β-unsaturated/α-hetero) is 1. The lowest BCUT2D eigenvalue weighted by Crippen LogP contribution is -2.41. The van der Waals surface area contributed by atoms with E-state index in [-0.39, 0.29) is 18.0 Å². The lowest BCUT2D eigenvalue weighted by atomic mass is 9.97. The van der Waals surface area contributed by atoms with Crippen molar-refractivity contribution in [3.8, 4) is 0 Å². The van der Waals surface area contributed by atoms with Crippen molar-refractivity contribution < 1.29 is 28.9 Å². The van der Waals surface area contributed by atoms with Crippen molar-refractivity contribution >= 4 is 11.8 Å². The third kappa shape index (κ3) is 6.41. The van der Waals surface area contributed by atoms with Gasteiger partial charge in [-0.15, -0.1) is 0 Å². The summed E-state index contributed by atoms with van der Waals surface area (Å²) >= 11 is 0. The number of hydrogen-bond acceptors (Lipinski definition) is 6. The fraction of sp³-hybridized carbons (Fsp3) is 0.765. The molecule has 1 N–H and O–H groups in total. The molecule has 23 heavy (non-hydrogen) atoms. The second kappa shape index (κ2) is 8.57. The minimum atomic E-state index is -0.947. The molecule has 1 rings (SSSR count). The molecule has 6 nitrogen and oxygen atoms in total. The first-order valence-corrected chi connectivity index (χ1v) is 7.95. The first-order valence-electron chi connectivity index (χ1n) is 7.95. The molecule has 0 saturated carbocycles. The molecule has 132 valence electrons. The Labute approximate surface area is 137 Å². The van der Waals surface area contributed by atoms with Crippen molar-refractivity contribution in [2.24, 2.45) is 11.3 Å². The van der Waals surface area contributed by atoms with Crippen molar-refractivity contribution in [1.29, 1.82) is 0 Å². The van der Waals surface area contributed by atoms with Gasteiger partial charge in [0.1, 0.15) is 6.61 Å². The summed E-state index contributed by atoms with van der Waals surface area (Å²) in [6, 6.07) is 0. The molecular formula is C17H28O6. The molecule has 1 heterocycles. The number of ketones is 1. The summed E-state index contributed by atoms with van der Waals surface area (Å²) in [4.78, 5) is 24.0. The third-order valence-electron chi connectivity index (χ3n) is 3.37. The van der Waals surface area contributed by atoms with E-state index in [1.165, 1.54) is 6.08 Å². The molecule has 0 aromatic heterocycles. The highest BCUT2D eigenvalue weighted by Gasteiger charge is 2.33. The molecule has 6 heteroatoms. The standard InChI is InChI=1S/C17H28O6/c1-11(2)6-7-21-14-8-12(9-18)15(19)13(23-14)10-22-16(20)17(3,4)5/h8,11,13-14,18H,6-7,9-10H2,1-5H3/t13-,14+/m1/s1. The van der Waals surface area contributed by atoms with E-state index in [9.17, 15) is 14.7 Å². The number of carbonyl (C=O) groups is 2. The molecule has 0 aromatic carbocycles. The van der Waals surface area contributed by atoms with Gasteiger partial charge in [0.15, 0.2) is 18.2 Å². The van der Waals surface area contributed by atoms with Crippen LogP contribution >= 0.6 is 0 Å². The fourth-order valence-electron chi connectivity index (χ4n) is 1.84. The molecule has 0 aliphatic carbocycles. The molecule has 1 aliphatic heterocycles. The average molecular weight is 328 g/mol. The Kier molecular flexibility index (Phi) is 7.38. The van der Waals surface area contributed by atoms with E-state index in [2.05, 4.69) is 13.8 Å². The Bertz CT molecular complexity index is 446. The maximum atomic E-state index is 12.1. The van der Waals surface area contributed by atoms with E-state index in [0.29, 0.717) is 12.5 Å². The lowest BCUT2D eigenvalue weighted by molar-refractivity contribution is -0.181. The molecule has 0 radical (unpaired) electrons. The number of carbonyl (C=O) groups excluding carboxylic acids is 2. The van der Waals surface area contributed by atoms with Gasteiger partial charge < -0.3 is 19.3 Å². The predicted octanol–water partition coefficient (Wildman–Crippen LogP) is 1.85. The van der Waals surface area contributed by atoms with Gasteiger partial charge in [-0.2, -0.15) is 0 Å². The monoisotopic (exact) mass is 328 g/mol. The summed E-state index contributed by atoms with van der Waals surface area (Å²) < 4.78 is 16.3. The largest absolute Gasteiger partial charge is 0.462 e. The molecule has 0 spiro atoms. The highest BCUT2D eigenvalue weighted by molar-refractivity contribution is 6.00. The Hall–Kier alpha value is -1.24. The van der Waals surface area contributed by atoms with Gasteiger partial charge >= 0.3 is 5.97 Å². The van der Waals surface area contributed by atoms with Gasteiger partial charge in [-0.3, -0.25) is 9.59 Å². The highest BCUT2D eigenvalue weighted by atomic mass is 16.7. The van der Waals surface area contributed by atoms with Crippen LogP contribution in [0.25, 0.3) is 0 Å². The molecule has 2 atom stereocenters. The number of aliphatic hydroxyl groups is 1. The van der Waals surface area contributed by atoms with Crippen molar-refractivity contribution in [1.82, 2.24) is 0 Å². The number of esters is 1. The number of hydrogen-bond donors (Lipinski definition) is 1. The summed E-state index contributed by atoms with van der Waals surface area (Å²) in [5, 5.41) is 9.31. The molecule has 0 aromatic rings. The Balaban J connectivity index is 2.64. The first-order chi connectivity index (χ1) is 10.6. The molecule has 0 bridgehead atoms. The SMILES string of the molecule is CC(C)CCO[C@@H]1C=C(CO)C(=O)[C@@H](COC(=O)C(C)(C)C)O1. The van der Waals surface area contributed by atoms with Crippen molar-refractivity contribution in [3.05, 3.63) is 11.6 Å². The number of rotatable bonds is 7. The Morgan fingerprint density at radius 3 is 2.57 bits per heavy atom. The second-order valence-corrected chi connectivity index (χ2v) is 7.11. The fourth-order valence-corrected chi connectivity index (χ4v) is 1.84. The first kappa shape index (κ1) is 19.8. The lowest BCUT2D eigenvalue weighted by Gasteiger charge is -2.28. The van der Waals surface area contributed by atoms with E-state index < -0.39 is 30.4 Å². The van der Waals surface area contributed by atoms with Crippen LogP contribution in [0.15, 0.2) is 11.6 Å². The number of aliphatic hydroxyl groups excluding tert-OH is 1. The van der Waals surface area contributed by atoms with Crippen LogP contribution in [-0.2, 0) is 23.8 Å². The zero-order chi connectivity index (χ0) is 17.6. The second-order valence-electron chi connectivity index (χ2n) is 7.11. The Morgan fingerprint density at radius 1 is 1.39 bits per heavy atom. The highest BCUT2D eigenvalue weighted by Crippen LogP contribution is 2.20. The van der Waals surface area contributed by atoms with Crippen LogP contribution < -0.4 is 0 Å². The van der Waals surface area contributed by atoms with Crippen LogP contribution in [0.2, 0.25) is 0 Å². The van der Waals surface area contributed by atoms with E-state index >= 15 is 0 Å². The molecular weight excluding hydrogens is 300 g/mol. The molecule has 1 aliphatic rings. The summed E-state index contributed by atoms with van der Waals surface area (Å²) in [5.74, 6) is -0.297. The van der Waals surface area contributed by atoms with Crippen molar-refractivity contribution in [2.45, 2.75) is 53.4 Å². The van der Waals surface area contributed by atoms with Crippen LogP contribution in [0, 0.1) is 11.3 Å². The molecule has 0 fully saturated rings. The van der Waals surface area contributed by atoms with Crippen LogP contribution in [-0.4, -0.2) is 49.1 Å². The summed E-state index contributed by atoms with van der Waals surface area (Å²) in [6.45, 7) is 9.27. The van der Waals surface area contributed by atoms with E-state index in [0.717, 1.165) is 6.42 Å². The van der Waals surface area contributed by atoms with Crippen LogP contribution in [0.3, 0.4) is 0 Å². The van der Waals surface area contributed by atoms with E-state index in [4.69, 9.17) is 14.2 Å². The maximum absolute atomic E-state index is 12.1. The summed E-state index contributed by atoms with van der Waals surface area (Å²) in [6.07, 6.45) is 0.675. The van der Waals surface area contributed by atoms with E-state index in [1.807, 2.05) is 0 Å². The Morgan fingerprint density at radius 2 is 2.04 bits per heavy atom. The van der Waals surface area contributed by atoms with Gasteiger partial charge in [-0.1, -0.05) is 13.8 Å². The number of ether oxygens (including phenoxy) is 3. The summed E-state index contributed by atoms with van der Waals surface area (Å²) in [5.41, 5.74) is -0.428. The minimum Gasteiger partial charge on any atom is -0.462 e. The van der Waals surface area contributed by atoms with Gasteiger partial charge in [0.2, 0.25) is 0 Å². The van der Waals surface area contributed by atoms with Gasteiger partial charge in [-0.25, -0.2) is 0 Å². The van der Waals surface area contributed by atoms with E-state index in [1.54, 1.807) is 20.8 Å². The van der Waals surface area contributed by atoms with Crippen LogP contribution in [0.5, 0.6) is 0 Å². The minimum absolute atomic E-state index is 0.184. The smallest absolute Gasteiger partial charge is 0.311 e. The third-order valence-corrected chi connectivity index (χ3v) is 3.37. The zero-order valence-corrected chi connectivity index (χ0v) is 14.6. The summed E-state index contributed by atoms with van der Waals surface area (Å²) in [7, 11) is 0. The average Bonchev–Trinajstić information content (AvgIpc) is 2.45. The molecule has 0 unspecified atom stereocenters.